The fourth-order valence-corrected chi connectivity index (χ4v) is 2.47. The first-order valence-electron chi connectivity index (χ1n) is 6.70. The highest BCUT2D eigenvalue weighted by molar-refractivity contribution is 7.80. The highest BCUT2D eigenvalue weighted by Crippen LogP contribution is 2.29. The lowest BCUT2D eigenvalue weighted by molar-refractivity contribution is -0.139. The van der Waals surface area contributed by atoms with E-state index in [0.29, 0.717) is 25.9 Å². The Balaban J connectivity index is 5.05. The quantitative estimate of drug-likeness (QED) is 0.628. The van der Waals surface area contributed by atoms with Crippen LogP contribution in [0.3, 0.4) is 0 Å². The van der Waals surface area contributed by atoms with Crippen LogP contribution in [0.1, 0.15) is 46.5 Å². The number of thiocarbonyl (C=S) groups is 1. The largest absolute Gasteiger partial charge is 0.395 e. The number of hydrogen-bond acceptors (Lipinski definition) is 3. The molecule has 0 aromatic heterocycles. The highest BCUT2D eigenvalue weighted by atomic mass is 32.1. The van der Waals surface area contributed by atoms with Crippen molar-refractivity contribution >= 4 is 23.1 Å². The van der Waals surface area contributed by atoms with E-state index in [4.69, 9.17) is 23.1 Å². The predicted octanol–water partition coefficient (Wildman–Crippen LogP) is 1.70. The van der Waals surface area contributed by atoms with Crippen LogP contribution in [0.2, 0.25) is 0 Å². The average Bonchev–Trinajstić information content (AvgIpc) is 2.36. The zero-order chi connectivity index (χ0) is 14.2. The lowest BCUT2D eigenvalue weighted by Crippen LogP contribution is -2.51. The molecular formula is C13H26N2O2S. The molecule has 0 aliphatic carbocycles. The van der Waals surface area contributed by atoms with Gasteiger partial charge in [0, 0.05) is 13.1 Å². The van der Waals surface area contributed by atoms with E-state index in [1.807, 2.05) is 13.8 Å². The van der Waals surface area contributed by atoms with Crippen molar-refractivity contribution < 1.29 is 9.90 Å². The number of nitrogens with two attached hydrogens (primary N) is 1. The van der Waals surface area contributed by atoms with Gasteiger partial charge >= 0.3 is 0 Å². The Bertz CT molecular complexity index is 278. The van der Waals surface area contributed by atoms with Gasteiger partial charge < -0.3 is 15.7 Å². The van der Waals surface area contributed by atoms with Crippen LogP contribution in [-0.4, -0.2) is 40.6 Å². The molecule has 18 heavy (non-hydrogen) atoms. The van der Waals surface area contributed by atoms with E-state index in [1.165, 1.54) is 0 Å². The molecule has 0 aromatic carbocycles. The normalized spacial score (nSPS) is 11.3. The maximum absolute atomic E-state index is 12.6. The van der Waals surface area contributed by atoms with Crippen LogP contribution >= 0.6 is 12.2 Å². The number of hydrogen-bond donors (Lipinski definition) is 2. The lowest BCUT2D eigenvalue weighted by Gasteiger charge is -2.35. The molecule has 0 heterocycles. The van der Waals surface area contributed by atoms with Crippen molar-refractivity contribution in [3.8, 4) is 0 Å². The molecule has 0 saturated carbocycles. The van der Waals surface area contributed by atoms with E-state index in [1.54, 1.807) is 4.90 Å². The highest BCUT2D eigenvalue weighted by Gasteiger charge is 2.40. The second-order valence-corrected chi connectivity index (χ2v) is 4.96. The monoisotopic (exact) mass is 274 g/mol. The molecule has 0 fully saturated rings. The van der Waals surface area contributed by atoms with E-state index in [0.717, 1.165) is 12.8 Å². The van der Waals surface area contributed by atoms with Crippen molar-refractivity contribution in [1.29, 1.82) is 0 Å². The fourth-order valence-electron chi connectivity index (χ4n) is 2.09. The second-order valence-electron chi connectivity index (χ2n) is 4.52. The minimum Gasteiger partial charge on any atom is -0.395 e. The van der Waals surface area contributed by atoms with Crippen LogP contribution in [0, 0.1) is 5.41 Å². The molecule has 0 saturated heterocycles. The molecule has 0 unspecified atom stereocenters. The number of rotatable bonds is 9. The Hall–Kier alpha value is -0.680. The predicted molar refractivity (Wildman–Crippen MR) is 78.4 cm³/mol. The molecular weight excluding hydrogens is 248 g/mol. The summed E-state index contributed by atoms with van der Waals surface area (Å²) in [5.74, 6) is -0.0394. The average molecular weight is 274 g/mol. The van der Waals surface area contributed by atoms with Gasteiger partial charge in [-0.05, 0) is 19.3 Å². The third-order valence-corrected chi connectivity index (χ3v) is 3.92. The van der Waals surface area contributed by atoms with Crippen LogP contribution in [0.25, 0.3) is 0 Å². The summed E-state index contributed by atoms with van der Waals surface area (Å²) in [5.41, 5.74) is 5.03. The van der Waals surface area contributed by atoms with Crippen molar-refractivity contribution in [2.75, 3.05) is 19.7 Å². The van der Waals surface area contributed by atoms with Gasteiger partial charge in [-0.3, -0.25) is 4.79 Å². The van der Waals surface area contributed by atoms with Gasteiger partial charge in [-0.2, -0.15) is 0 Å². The van der Waals surface area contributed by atoms with Gasteiger partial charge in [0.05, 0.1) is 17.0 Å². The van der Waals surface area contributed by atoms with Gasteiger partial charge in [0.15, 0.2) is 0 Å². The molecule has 4 nitrogen and oxygen atoms in total. The first-order chi connectivity index (χ1) is 8.49. The molecule has 0 atom stereocenters. The Kier molecular flexibility index (Phi) is 8.11. The summed E-state index contributed by atoms with van der Waals surface area (Å²) in [6.07, 6.45) is 3.14. The number of nitrogens with zero attached hydrogens (tertiary/aromatic N) is 1. The number of amides is 1. The second kappa shape index (κ2) is 8.43. The van der Waals surface area contributed by atoms with Crippen molar-refractivity contribution in [3.63, 3.8) is 0 Å². The summed E-state index contributed by atoms with van der Waals surface area (Å²) in [6, 6.07) is 0. The van der Waals surface area contributed by atoms with Gasteiger partial charge in [-0.15, -0.1) is 0 Å². The van der Waals surface area contributed by atoms with E-state index >= 15 is 0 Å². The Morgan fingerprint density at radius 1 is 1.28 bits per heavy atom. The summed E-state index contributed by atoms with van der Waals surface area (Å²) in [5, 5.41) is 9.08. The van der Waals surface area contributed by atoms with E-state index in [2.05, 4.69) is 6.92 Å². The summed E-state index contributed by atoms with van der Waals surface area (Å²) >= 11 is 5.09. The zero-order valence-corrected chi connectivity index (χ0v) is 12.6. The van der Waals surface area contributed by atoms with Gasteiger partial charge in [-0.1, -0.05) is 39.4 Å². The molecule has 106 valence electrons. The Morgan fingerprint density at radius 2 is 1.83 bits per heavy atom. The number of aliphatic hydroxyl groups excluding tert-OH is 1. The van der Waals surface area contributed by atoms with Gasteiger partial charge in [0.2, 0.25) is 5.91 Å². The molecule has 1 amide bonds. The fraction of sp³-hybridized carbons (Fsp3) is 0.846. The SMILES string of the molecule is CCCCN(CCO)C(=O)C(CC)(CC)C(N)=S. The molecule has 5 heteroatoms. The van der Waals surface area contributed by atoms with E-state index < -0.39 is 5.41 Å². The molecule has 0 aromatic rings. The summed E-state index contributed by atoms with van der Waals surface area (Å²) in [4.78, 5) is 14.6. The van der Waals surface area contributed by atoms with Crippen molar-refractivity contribution in [3.05, 3.63) is 0 Å². The third-order valence-electron chi connectivity index (χ3n) is 3.53. The molecule has 0 bridgehead atoms. The number of aliphatic hydroxyl groups is 1. The topological polar surface area (TPSA) is 66.6 Å². The summed E-state index contributed by atoms with van der Waals surface area (Å²) < 4.78 is 0. The van der Waals surface area contributed by atoms with Crippen molar-refractivity contribution in [2.24, 2.45) is 11.1 Å². The molecule has 0 aliphatic rings. The van der Waals surface area contributed by atoms with Crippen molar-refractivity contribution in [1.82, 2.24) is 4.90 Å². The van der Waals surface area contributed by atoms with Crippen LogP contribution in [0.15, 0.2) is 0 Å². The van der Waals surface area contributed by atoms with E-state index in [9.17, 15) is 4.79 Å². The van der Waals surface area contributed by atoms with Gasteiger partial charge in [0.25, 0.3) is 0 Å². The number of carbonyl (C=O) groups is 1. The van der Waals surface area contributed by atoms with Crippen molar-refractivity contribution in [2.45, 2.75) is 46.5 Å². The molecule has 0 aliphatic heterocycles. The van der Waals surface area contributed by atoms with Crippen LogP contribution in [0.5, 0.6) is 0 Å². The van der Waals surface area contributed by atoms with Crippen LogP contribution in [-0.2, 0) is 4.79 Å². The van der Waals surface area contributed by atoms with Crippen LogP contribution < -0.4 is 5.73 Å². The Labute approximate surface area is 116 Å². The first-order valence-corrected chi connectivity index (χ1v) is 7.11. The third kappa shape index (κ3) is 3.92. The minimum atomic E-state index is -0.752. The summed E-state index contributed by atoms with van der Waals surface area (Å²) in [6.45, 7) is 6.90. The molecule has 0 rings (SSSR count). The van der Waals surface area contributed by atoms with Gasteiger partial charge in [0.1, 0.15) is 0 Å². The molecule has 3 N–H and O–H groups in total. The van der Waals surface area contributed by atoms with E-state index in [-0.39, 0.29) is 17.5 Å². The smallest absolute Gasteiger partial charge is 0.235 e. The van der Waals surface area contributed by atoms with Crippen LogP contribution in [0.4, 0.5) is 0 Å². The zero-order valence-electron chi connectivity index (χ0n) is 11.7. The maximum atomic E-state index is 12.6. The van der Waals surface area contributed by atoms with Gasteiger partial charge in [-0.25, -0.2) is 0 Å². The standard InChI is InChI=1S/C13H26N2O2S/c1-4-7-8-15(9-10-16)12(17)13(5-2,6-3)11(14)18/h16H,4-10H2,1-3H3,(H2,14,18). The minimum absolute atomic E-state index is 0.0315. The lowest BCUT2D eigenvalue weighted by atomic mass is 9.80. The first kappa shape index (κ1) is 17.3. The number of carbonyl (C=O) groups excluding carboxylic acids is 1. The molecule has 0 spiro atoms. The Morgan fingerprint density at radius 3 is 2.17 bits per heavy atom. The molecule has 0 radical (unpaired) electrons. The maximum Gasteiger partial charge on any atom is 0.235 e. The summed E-state index contributed by atoms with van der Waals surface area (Å²) in [7, 11) is 0. The number of unbranched alkanes of at least 4 members (excludes halogenated alkanes) is 1.